The van der Waals surface area contributed by atoms with Gasteiger partial charge in [0.15, 0.2) is 0 Å². The van der Waals surface area contributed by atoms with E-state index in [2.05, 4.69) is 41.9 Å². The van der Waals surface area contributed by atoms with E-state index in [1.54, 1.807) is 10.9 Å². The van der Waals surface area contributed by atoms with Crippen LogP contribution in [-0.2, 0) is 19.9 Å². The van der Waals surface area contributed by atoms with E-state index in [0.717, 1.165) is 32.4 Å². The maximum atomic E-state index is 6.35. The third-order valence-electron chi connectivity index (χ3n) is 3.10. The van der Waals surface area contributed by atoms with Crippen molar-refractivity contribution in [2.45, 2.75) is 25.8 Å². The summed E-state index contributed by atoms with van der Waals surface area (Å²) in [4.78, 5) is 4.37. The summed E-state index contributed by atoms with van der Waals surface area (Å²) >= 11 is 13.2. The van der Waals surface area contributed by atoms with Gasteiger partial charge in [-0.25, -0.2) is 0 Å². The molecule has 0 amide bonds. The van der Waals surface area contributed by atoms with Gasteiger partial charge in [0.05, 0.1) is 28.1 Å². The summed E-state index contributed by atoms with van der Waals surface area (Å²) in [5, 5.41) is 5.11. The van der Waals surface area contributed by atoms with Crippen molar-refractivity contribution in [1.82, 2.24) is 14.8 Å². The fraction of sp³-hybridized carbons (Fsp3) is 0.385. The SMILES string of the molecule is CCc1nn(C)c(CC(N)c2ncc(Br)cc2Br)c1Cl. The van der Waals surface area contributed by atoms with Crippen LogP contribution in [0.15, 0.2) is 21.2 Å². The Morgan fingerprint density at radius 2 is 2.15 bits per heavy atom. The van der Waals surface area contributed by atoms with Crippen LogP contribution in [0, 0.1) is 0 Å². The normalized spacial score (nSPS) is 12.7. The molecule has 2 rings (SSSR count). The highest BCUT2D eigenvalue weighted by molar-refractivity contribution is 9.11. The number of hydrogen-bond acceptors (Lipinski definition) is 3. The van der Waals surface area contributed by atoms with Crippen molar-refractivity contribution in [1.29, 1.82) is 0 Å². The zero-order valence-electron chi connectivity index (χ0n) is 11.2. The first kappa shape index (κ1) is 15.9. The summed E-state index contributed by atoms with van der Waals surface area (Å²) in [6.07, 6.45) is 3.14. The molecule has 0 aliphatic carbocycles. The molecule has 1 unspecified atom stereocenters. The molecule has 0 saturated heterocycles. The second-order valence-electron chi connectivity index (χ2n) is 4.52. The quantitative estimate of drug-likeness (QED) is 0.815. The molecule has 4 nitrogen and oxygen atoms in total. The number of halogens is 3. The lowest BCUT2D eigenvalue weighted by Gasteiger charge is -2.13. The number of hydrogen-bond donors (Lipinski definition) is 1. The molecule has 0 fully saturated rings. The number of aryl methyl sites for hydroxylation is 2. The predicted molar refractivity (Wildman–Crippen MR) is 87.9 cm³/mol. The lowest BCUT2D eigenvalue weighted by atomic mass is 10.1. The van der Waals surface area contributed by atoms with Gasteiger partial charge in [-0.05, 0) is 44.3 Å². The number of nitrogens with two attached hydrogens (primary N) is 1. The first-order chi connectivity index (χ1) is 9.43. The van der Waals surface area contributed by atoms with Crippen LogP contribution >= 0.6 is 43.5 Å². The summed E-state index contributed by atoms with van der Waals surface area (Å²) < 4.78 is 3.59. The van der Waals surface area contributed by atoms with Gasteiger partial charge in [0, 0.05) is 28.6 Å². The number of nitrogens with zero attached hydrogens (tertiary/aromatic N) is 3. The van der Waals surface area contributed by atoms with Crippen molar-refractivity contribution in [3.05, 3.63) is 43.3 Å². The summed E-state index contributed by atoms with van der Waals surface area (Å²) in [6.45, 7) is 2.03. The summed E-state index contributed by atoms with van der Waals surface area (Å²) in [5.74, 6) is 0. The Bertz CT molecular complexity index is 627. The summed E-state index contributed by atoms with van der Waals surface area (Å²) in [6, 6.07) is 1.69. The lowest BCUT2D eigenvalue weighted by Crippen LogP contribution is -2.17. The molecule has 0 aliphatic heterocycles. The molecule has 0 radical (unpaired) electrons. The van der Waals surface area contributed by atoms with Crippen molar-refractivity contribution >= 4 is 43.5 Å². The van der Waals surface area contributed by atoms with E-state index in [0.29, 0.717) is 11.4 Å². The van der Waals surface area contributed by atoms with Crippen molar-refractivity contribution in [2.75, 3.05) is 0 Å². The molecule has 20 heavy (non-hydrogen) atoms. The Morgan fingerprint density at radius 3 is 2.70 bits per heavy atom. The number of aromatic nitrogens is 3. The fourth-order valence-corrected chi connectivity index (χ4v) is 3.70. The van der Waals surface area contributed by atoms with E-state index in [1.165, 1.54) is 0 Å². The maximum absolute atomic E-state index is 6.35. The monoisotopic (exact) mass is 420 g/mol. The Hall–Kier alpha value is -0.430. The van der Waals surface area contributed by atoms with E-state index in [1.807, 2.05) is 20.0 Å². The van der Waals surface area contributed by atoms with Crippen LogP contribution in [0.5, 0.6) is 0 Å². The molecule has 0 aromatic carbocycles. The highest BCUT2D eigenvalue weighted by Gasteiger charge is 2.19. The van der Waals surface area contributed by atoms with Gasteiger partial charge in [-0.2, -0.15) is 5.10 Å². The molecule has 0 spiro atoms. The van der Waals surface area contributed by atoms with E-state index in [9.17, 15) is 0 Å². The van der Waals surface area contributed by atoms with Crippen LogP contribution < -0.4 is 5.73 Å². The molecule has 2 heterocycles. The van der Waals surface area contributed by atoms with Gasteiger partial charge in [-0.1, -0.05) is 18.5 Å². The molecule has 1 atom stereocenters. The average Bonchev–Trinajstić information content (AvgIpc) is 2.66. The molecule has 7 heteroatoms. The average molecular weight is 423 g/mol. The Morgan fingerprint density at radius 1 is 1.45 bits per heavy atom. The van der Waals surface area contributed by atoms with Gasteiger partial charge in [0.1, 0.15) is 0 Å². The third kappa shape index (κ3) is 3.24. The second-order valence-corrected chi connectivity index (χ2v) is 6.66. The first-order valence-electron chi connectivity index (χ1n) is 6.20. The molecular formula is C13H15Br2ClN4. The Balaban J connectivity index is 2.27. The van der Waals surface area contributed by atoms with E-state index >= 15 is 0 Å². The zero-order chi connectivity index (χ0) is 14.9. The molecule has 2 aromatic heterocycles. The van der Waals surface area contributed by atoms with Gasteiger partial charge in [-0.3, -0.25) is 9.67 Å². The Kier molecular flexibility index (Phi) is 5.23. The first-order valence-corrected chi connectivity index (χ1v) is 8.17. The fourth-order valence-electron chi connectivity index (χ4n) is 2.04. The largest absolute Gasteiger partial charge is 0.322 e. The van der Waals surface area contributed by atoms with E-state index in [4.69, 9.17) is 17.3 Å². The lowest BCUT2D eigenvalue weighted by molar-refractivity contribution is 0.625. The van der Waals surface area contributed by atoms with Gasteiger partial charge in [0.25, 0.3) is 0 Å². The minimum Gasteiger partial charge on any atom is -0.322 e. The maximum Gasteiger partial charge on any atom is 0.0850 e. The van der Waals surface area contributed by atoms with Crippen molar-refractivity contribution in [3.8, 4) is 0 Å². The summed E-state index contributed by atoms with van der Waals surface area (Å²) in [5.41, 5.74) is 8.91. The van der Waals surface area contributed by atoms with Gasteiger partial charge in [-0.15, -0.1) is 0 Å². The molecule has 0 bridgehead atoms. The van der Waals surface area contributed by atoms with E-state index < -0.39 is 0 Å². The predicted octanol–water partition coefficient (Wildman–Crippen LogP) is 3.80. The minimum atomic E-state index is -0.241. The van der Waals surface area contributed by atoms with Crippen LogP contribution in [0.3, 0.4) is 0 Å². The molecular weight excluding hydrogens is 407 g/mol. The molecule has 108 valence electrons. The Labute approximate surface area is 140 Å². The van der Waals surface area contributed by atoms with Crippen molar-refractivity contribution < 1.29 is 0 Å². The summed E-state index contributed by atoms with van der Waals surface area (Å²) in [7, 11) is 1.89. The number of pyridine rings is 1. The standard InChI is InChI=1S/C13H15Br2ClN4/c1-3-10-12(16)11(20(2)19-10)5-9(17)13-8(15)4-7(14)6-18-13/h4,6,9H,3,5,17H2,1-2H3. The van der Waals surface area contributed by atoms with Crippen LogP contribution in [-0.4, -0.2) is 14.8 Å². The van der Waals surface area contributed by atoms with Gasteiger partial charge >= 0.3 is 0 Å². The van der Waals surface area contributed by atoms with Crippen LogP contribution in [0.4, 0.5) is 0 Å². The topological polar surface area (TPSA) is 56.7 Å². The molecule has 0 aliphatic rings. The van der Waals surface area contributed by atoms with Crippen LogP contribution in [0.25, 0.3) is 0 Å². The minimum absolute atomic E-state index is 0.241. The second kappa shape index (κ2) is 6.56. The highest BCUT2D eigenvalue weighted by atomic mass is 79.9. The van der Waals surface area contributed by atoms with E-state index in [-0.39, 0.29) is 6.04 Å². The highest BCUT2D eigenvalue weighted by Crippen LogP contribution is 2.28. The van der Waals surface area contributed by atoms with Crippen LogP contribution in [0.1, 0.15) is 30.0 Å². The van der Waals surface area contributed by atoms with Crippen LogP contribution in [0.2, 0.25) is 5.02 Å². The smallest absolute Gasteiger partial charge is 0.0850 e. The van der Waals surface area contributed by atoms with Crippen molar-refractivity contribution in [2.24, 2.45) is 12.8 Å². The molecule has 2 aromatic rings. The molecule has 0 saturated carbocycles. The van der Waals surface area contributed by atoms with Gasteiger partial charge < -0.3 is 5.73 Å². The zero-order valence-corrected chi connectivity index (χ0v) is 15.1. The van der Waals surface area contributed by atoms with Crippen molar-refractivity contribution in [3.63, 3.8) is 0 Å². The third-order valence-corrected chi connectivity index (χ3v) is 4.61. The number of rotatable bonds is 4. The molecule has 2 N–H and O–H groups in total. The van der Waals surface area contributed by atoms with Gasteiger partial charge in [0.2, 0.25) is 0 Å².